The molecule has 0 aromatic heterocycles. The molecule has 1 aliphatic heterocycles. The van der Waals surface area contributed by atoms with Crippen molar-refractivity contribution < 1.29 is 4.74 Å². The lowest BCUT2D eigenvalue weighted by Crippen LogP contribution is -2.49. The molecule has 0 saturated carbocycles. The van der Waals surface area contributed by atoms with Gasteiger partial charge in [-0.2, -0.15) is 0 Å². The number of nitrogens with zero attached hydrogens (tertiary/aromatic N) is 1. The van der Waals surface area contributed by atoms with Crippen LogP contribution in [0.4, 0.5) is 0 Å². The predicted molar refractivity (Wildman–Crippen MR) is 65.7 cm³/mol. The first-order valence-electron chi connectivity index (χ1n) is 5.88. The molecule has 0 radical (unpaired) electrons. The van der Waals surface area contributed by atoms with E-state index in [-0.39, 0.29) is 0 Å². The minimum atomic E-state index is 0.596. The Morgan fingerprint density at radius 2 is 2.25 bits per heavy atom. The Balaban J connectivity index is 2.07. The molecule has 1 N–H and O–H groups in total. The summed E-state index contributed by atoms with van der Waals surface area (Å²) in [6.07, 6.45) is 0. The second-order valence-corrected chi connectivity index (χ2v) is 4.34. The summed E-state index contributed by atoms with van der Waals surface area (Å²) >= 11 is 0. The van der Waals surface area contributed by atoms with Gasteiger partial charge in [0.2, 0.25) is 0 Å². The van der Waals surface area contributed by atoms with E-state index in [1.165, 1.54) is 5.56 Å². The van der Waals surface area contributed by atoms with Crippen molar-refractivity contribution in [1.82, 2.24) is 10.2 Å². The summed E-state index contributed by atoms with van der Waals surface area (Å²) < 4.78 is 5.38. The van der Waals surface area contributed by atoms with Crippen molar-refractivity contribution >= 4 is 0 Å². The highest BCUT2D eigenvalue weighted by Gasteiger charge is 2.18. The maximum absolute atomic E-state index is 5.38. The lowest BCUT2D eigenvalue weighted by Gasteiger charge is -2.34. The number of benzene rings is 1. The van der Waals surface area contributed by atoms with Crippen LogP contribution in [0.15, 0.2) is 24.3 Å². The molecule has 0 spiro atoms. The quantitative estimate of drug-likeness (QED) is 0.835. The van der Waals surface area contributed by atoms with Crippen molar-refractivity contribution in [1.29, 1.82) is 0 Å². The van der Waals surface area contributed by atoms with Crippen LogP contribution in [-0.4, -0.2) is 37.7 Å². The molecule has 1 atom stereocenters. The van der Waals surface area contributed by atoms with Gasteiger partial charge in [0.1, 0.15) is 5.75 Å². The average molecular weight is 220 g/mol. The van der Waals surface area contributed by atoms with Gasteiger partial charge in [-0.3, -0.25) is 4.90 Å². The third-order valence-electron chi connectivity index (χ3n) is 3.20. The number of nitrogens with one attached hydrogen (secondary N) is 1. The first-order valence-corrected chi connectivity index (χ1v) is 5.88. The van der Waals surface area contributed by atoms with Crippen LogP contribution in [0.3, 0.4) is 0 Å². The lowest BCUT2D eigenvalue weighted by molar-refractivity contribution is 0.164. The standard InChI is InChI=1S/C13H20N2O/c1-11-9-14-7-8-15(11)10-12-5-3-4-6-13(12)16-2/h3-6,11,14H,7-10H2,1-2H3. The molecule has 1 aromatic rings. The molecule has 1 fully saturated rings. The molecule has 1 aliphatic rings. The second kappa shape index (κ2) is 5.32. The summed E-state index contributed by atoms with van der Waals surface area (Å²) in [6, 6.07) is 8.86. The normalized spacial score (nSPS) is 22.0. The molecule has 1 unspecified atom stereocenters. The van der Waals surface area contributed by atoms with Crippen LogP contribution in [0.2, 0.25) is 0 Å². The van der Waals surface area contributed by atoms with Gasteiger partial charge in [0.15, 0.2) is 0 Å². The molecular weight excluding hydrogens is 200 g/mol. The Kier molecular flexibility index (Phi) is 3.80. The highest BCUT2D eigenvalue weighted by atomic mass is 16.5. The summed E-state index contributed by atoms with van der Waals surface area (Å²) in [4.78, 5) is 2.49. The zero-order valence-corrected chi connectivity index (χ0v) is 10.1. The third-order valence-corrected chi connectivity index (χ3v) is 3.20. The van der Waals surface area contributed by atoms with Gasteiger partial charge in [0, 0.05) is 37.8 Å². The summed E-state index contributed by atoms with van der Waals surface area (Å²) in [5.41, 5.74) is 1.28. The van der Waals surface area contributed by atoms with Crippen molar-refractivity contribution in [3.8, 4) is 5.75 Å². The van der Waals surface area contributed by atoms with Gasteiger partial charge >= 0.3 is 0 Å². The average Bonchev–Trinajstić information content (AvgIpc) is 2.33. The van der Waals surface area contributed by atoms with Gasteiger partial charge in [0.25, 0.3) is 0 Å². The van der Waals surface area contributed by atoms with Crippen LogP contribution in [-0.2, 0) is 6.54 Å². The first-order chi connectivity index (χ1) is 7.81. The largest absolute Gasteiger partial charge is 0.496 e. The number of para-hydroxylation sites is 1. The zero-order valence-electron chi connectivity index (χ0n) is 10.1. The smallest absolute Gasteiger partial charge is 0.123 e. The van der Waals surface area contributed by atoms with E-state index >= 15 is 0 Å². The fourth-order valence-electron chi connectivity index (χ4n) is 2.17. The predicted octanol–water partition coefficient (Wildman–Crippen LogP) is 1.49. The first kappa shape index (κ1) is 11.4. The van der Waals surface area contributed by atoms with Crippen molar-refractivity contribution in [3.63, 3.8) is 0 Å². The van der Waals surface area contributed by atoms with Gasteiger partial charge in [0.05, 0.1) is 7.11 Å². The van der Waals surface area contributed by atoms with Crippen LogP contribution in [0, 0.1) is 0 Å². The molecule has 3 heteroatoms. The Bertz CT molecular complexity index is 340. The van der Waals surface area contributed by atoms with E-state index in [1.807, 2.05) is 12.1 Å². The van der Waals surface area contributed by atoms with Crippen LogP contribution in [0.5, 0.6) is 5.75 Å². The van der Waals surface area contributed by atoms with Crippen LogP contribution in [0.25, 0.3) is 0 Å². The number of rotatable bonds is 3. The maximum atomic E-state index is 5.38. The molecular formula is C13H20N2O. The van der Waals surface area contributed by atoms with Gasteiger partial charge in [-0.25, -0.2) is 0 Å². The Morgan fingerprint density at radius 1 is 1.44 bits per heavy atom. The molecule has 1 heterocycles. The minimum Gasteiger partial charge on any atom is -0.496 e. The summed E-state index contributed by atoms with van der Waals surface area (Å²) in [5, 5.41) is 3.41. The van der Waals surface area contributed by atoms with E-state index in [0.717, 1.165) is 31.9 Å². The molecule has 0 aliphatic carbocycles. The SMILES string of the molecule is COc1ccccc1CN1CCNCC1C. The molecule has 0 bridgehead atoms. The minimum absolute atomic E-state index is 0.596. The van der Waals surface area contributed by atoms with E-state index in [9.17, 15) is 0 Å². The van der Waals surface area contributed by atoms with E-state index in [2.05, 4.69) is 29.3 Å². The Labute approximate surface area is 97.4 Å². The highest BCUT2D eigenvalue weighted by Crippen LogP contribution is 2.20. The highest BCUT2D eigenvalue weighted by molar-refractivity contribution is 5.33. The van der Waals surface area contributed by atoms with E-state index in [0.29, 0.717) is 6.04 Å². The molecule has 16 heavy (non-hydrogen) atoms. The molecule has 1 aromatic carbocycles. The molecule has 2 rings (SSSR count). The van der Waals surface area contributed by atoms with Crippen molar-refractivity contribution in [2.24, 2.45) is 0 Å². The van der Waals surface area contributed by atoms with Crippen molar-refractivity contribution in [2.75, 3.05) is 26.7 Å². The second-order valence-electron chi connectivity index (χ2n) is 4.34. The molecule has 88 valence electrons. The number of methoxy groups -OCH3 is 1. The van der Waals surface area contributed by atoms with E-state index in [4.69, 9.17) is 4.74 Å². The van der Waals surface area contributed by atoms with E-state index in [1.54, 1.807) is 7.11 Å². The van der Waals surface area contributed by atoms with Crippen LogP contribution < -0.4 is 10.1 Å². The Morgan fingerprint density at radius 3 is 3.00 bits per heavy atom. The van der Waals surface area contributed by atoms with Gasteiger partial charge < -0.3 is 10.1 Å². The van der Waals surface area contributed by atoms with Crippen molar-refractivity contribution in [3.05, 3.63) is 29.8 Å². The topological polar surface area (TPSA) is 24.5 Å². The number of hydrogen-bond acceptors (Lipinski definition) is 3. The van der Waals surface area contributed by atoms with Crippen molar-refractivity contribution in [2.45, 2.75) is 19.5 Å². The summed E-state index contributed by atoms with van der Waals surface area (Å²) in [5.74, 6) is 0.994. The maximum Gasteiger partial charge on any atom is 0.123 e. The number of piperazine rings is 1. The molecule has 0 amide bonds. The fourth-order valence-corrected chi connectivity index (χ4v) is 2.17. The fraction of sp³-hybridized carbons (Fsp3) is 0.538. The zero-order chi connectivity index (χ0) is 11.4. The Hall–Kier alpha value is -1.06. The number of hydrogen-bond donors (Lipinski definition) is 1. The van der Waals surface area contributed by atoms with Gasteiger partial charge in [-0.05, 0) is 13.0 Å². The lowest BCUT2D eigenvalue weighted by atomic mass is 10.1. The van der Waals surface area contributed by atoms with Gasteiger partial charge in [-0.1, -0.05) is 18.2 Å². The van der Waals surface area contributed by atoms with Crippen LogP contribution in [0.1, 0.15) is 12.5 Å². The molecule has 3 nitrogen and oxygen atoms in total. The monoisotopic (exact) mass is 220 g/mol. The number of ether oxygens (including phenoxy) is 1. The van der Waals surface area contributed by atoms with Crippen LogP contribution >= 0.6 is 0 Å². The summed E-state index contributed by atoms with van der Waals surface area (Å²) in [7, 11) is 1.74. The molecule has 1 saturated heterocycles. The third kappa shape index (κ3) is 2.54. The van der Waals surface area contributed by atoms with E-state index < -0.39 is 0 Å². The van der Waals surface area contributed by atoms with Gasteiger partial charge in [-0.15, -0.1) is 0 Å². The summed E-state index contributed by atoms with van der Waals surface area (Å²) in [6.45, 7) is 6.52.